The third-order valence-corrected chi connectivity index (χ3v) is 5.34. The van der Waals surface area contributed by atoms with Crippen LogP contribution in [0.4, 0.5) is 15.1 Å². The van der Waals surface area contributed by atoms with Crippen molar-refractivity contribution in [3.63, 3.8) is 0 Å². The van der Waals surface area contributed by atoms with Crippen LogP contribution in [0.1, 0.15) is 43.1 Å². The Bertz CT molecular complexity index is 882. The SMILES string of the molecule is CCC(C)Nc1ncc2c(n1)CN(C(=O)N[C@H](CO)c1ccc(F)c(Cl)c1)CC2. The van der Waals surface area contributed by atoms with Crippen molar-refractivity contribution in [2.75, 3.05) is 18.5 Å². The smallest absolute Gasteiger partial charge is 0.318 e. The van der Waals surface area contributed by atoms with Crippen molar-refractivity contribution in [1.82, 2.24) is 20.2 Å². The van der Waals surface area contributed by atoms with E-state index in [4.69, 9.17) is 11.6 Å². The number of hydrogen-bond acceptors (Lipinski definition) is 5. The van der Waals surface area contributed by atoms with Crippen molar-refractivity contribution in [2.45, 2.75) is 45.3 Å². The van der Waals surface area contributed by atoms with Gasteiger partial charge in [-0.2, -0.15) is 0 Å². The molecular formula is C20H25ClFN5O2. The molecule has 7 nitrogen and oxygen atoms in total. The molecule has 2 heterocycles. The van der Waals surface area contributed by atoms with Gasteiger partial charge in [-0.1, -0.05) is 24.6 Å². The van der Waals surface area contributed by atoms with Crippen LogP contribution in [0.25, 0.3) is 0 Å². The number of nitrogens with zero attached hydrogens (tertiary/aromatic N) is 3. The van der Waals surface area contributed by atoms with E-state index in [1.54, 1.807) is 11.1 Å². The van der Waals surface area contributed by atoms with Crippen LogP contribution in [-0.4, -0.2) is 45.2 Å². The average molecular weight is 422 g/mol. The fourth-order valence-corrected chi connectivity index (χ4v) is 3.26. The van der Waals surface area contributed by atoms with Crippen LogP contribution in [-0.2, 0) is 13.0 Å². The van der Waals surface area contributed by atoms with Gasteiger partial charge >= 0.3 is 6.03 Å². The lowest BCUT2D eigenvalue weighted by Crippen LogP contribution is -2.45. The second-order valence-corrected chi connectivity index (χ2v) is 7.56. The molecule has 1 aliphatic heterocycles. The number of fused-ring (bicyclic) bond motifs is 1. The molecule has 0 radical (unpaired) electrons. The number of anilines is 1. The molecule has 0 saturated heterocycles. The summed E-state index contributed by atoms with van der Waals surface area (Å²) in [6.45, 7) is 4.67. The summed E-state index contributed by atoms with van der Waals surface area (Å²) in [5.74, 6) is 0.00195. The zero-order valence-electron chi connectivity index (χ0n) is 16.5. The lowest BCUT2D eigenvalue weighted by molar-refractivity contribution is 0.176. The summed E-state index contributed by atoms with van der Waals surface area (Å²) >= 11 is 5.82. The molecule has 9 heteroatoms. The highest BCUT2D eigenvalue weighted by molar-refractivity contribution is 6.30. The molecule has 3 N–H and O–H groups in total. The summed E-state index contributed by atoms with van der Waals surface area (Å²) in [4.78, 5) is 23.3. The number of rotatable bonds is 6. The molecule has 0 bridgehead atoms. The van der Waals surface area contributed by atoms with E-state index < -0.39 is 11.9 Å². The molecule has 156 valence electrons. The van der Waals surface area contributed by atoms with Gasteiger partial charge in [-0.25, -0.2) is 19.2 Å². The molecule has 0 aliphatic carbocycles. The number of amides is 2. The number of carbonyl (C=O) groups excluding carboxylic acids is 1. The van der Waals surface area contributed by atoms with Gasteiger partial charge in [0.15, 0.2) is 0 Å². The van der Waals surface area contributed by atoms with Crippen LogP contribution in [0, 0.1) is 5.82 Å². The van der Waals surface area contributed by atoms with Crippen molar-refractivity contribution < 1.29 is 14.3 Å². The lowest BCUT2D eigenvalue weighted by atomic mass is 10.1. The van der Waals surface area contributed by atoms with Crippen LogP contribution in [0.2, 0.25) is 5.02 Å². The molecule has 1 aromatic heterocycles. The zero-order valence-corrected chi connectivity index (χ0v) is 17.2. The number of benzene rings is 1. The lowest BCUT2D eigenvalue weighted by Gasteiger charge is -2.30. The van der Waals surface area contributed by atoms with Crippen LogP contribution < -0.4 is 10.6 Å². The van der Waals surface area contributed by atoms with Crippen molar-refractivity contribution in [3.05, 3.63) is 52.1 Å². The Morgan fingerprint density at radius 3 is 2.93 bits per heavy atom. The maximum Gasteiger partial charge on any atom is 0.318 e. The number of halogens is 2. The summed E-state index contributed by atoms with van der Waals surface area (Å²) in [7, 11) is 0. The molecule has 2 atom stereocenters. The zero-order chi connectivity index (χ0) is 21.0. The van der Waals surface area contributed by atoms with Gasteiger partial charge in [-0.3, -0.25) is 0 Å². The second-order valence-electron chi connectivity index (χ2n) is 7.15. The fourth-order valence-electron chi connectivity index (χ4n) is 3.07. The molecule has 2 amide bonds. The Kier molecular flexibility index (Phi) is 6.87. The van der Waals surface area contributed by atoms with E-state index in [9.17, 15) is 14.3 Å². The second kappa shape index (κ2) is 9.37. The predicted octanol–water partition coefficient (Wildman–Crippen LogP) is 3.28. The van der Waals surface area contributed by atoms with E-state index in [1.807, 2.05) is 0 Å². The summed E-state index contributed by atoms with van der Waals surface area (Å²) in [6, 6.07) is 3.35. The molecule has 0 saturated carbocycles. The molecule has 1 aliphatic rings. The number of aromatic nitrogens is 2. The number of aliphatic hydroxyl groups is 1. The maximum absolute atomic E-state index is 13.4. The first-order chi connectivity index (χ1) is 13.9. The molecule has 1 aromatic carbocycles. The summed E-state index contributed by atoms with van der Waals surface area (Å²) in [5, 5.41) is 15.7. The molecule has 0 spiro atoms. The van der Waals surface area contributed by atoms with Crippen molar-refractivity contribution in [3.8, 4) is 0 Å². The quantitative estimate of drug-likeness (QED) is 0.666. The minimum absolute atomic E-state index is 0.0554. The highest BCUT2D eigenvalue weighted by Crippen LogP contribution is 2.22. The predicted molar refractivity (Wildman–Crippen MR) is 109 cm³/mol. The fraction of sp³-hybridized carbons (Fsp3) is 0.450. The van der Waals surface area contributed by atoms with E-state index >= 15 is 0 Å². The maximum atomic E-state index is 13.4. The topological polar surface area (TPSA) is 90.4 Å². The Hall–Kier alpha value is -2.45. The van der Waals surface area contributed by atoms with Crippen LogP contribution in [0.15, 0.2) is 24.4 Å². The third-order valence-electron chi connectivity index (χ3n) is 5.05. The highest BCUT2D eigenvalue weighted by atomic mass is 35.5. The third kappa shape index (κ3) is 5.13. The Balaban J connectivity index is 1.69. The van der Waals surface area contributed by atoms with Gasteiger partial charge in [0, 0.05) is 18.8 Å². The minimum atomic E-state index is -0.685. The van der Waals surface area contributed by atoms with Crippen LogP contribution >= 0.6 is 11.6 Å². The van der Waals surface area contributed by atoms with Crippen molar-refractivity contribution in [2.24, 2.45) is 0 Å². The standard InChI is InChI=1S/C20H25ClFN5O2/c1-3-12(2)24-19-23-9-14-6-7-27(10-17(14)25-19)20(29)26-18(11-28)13-4-5-16(22)15(21)8-13/h4-5,8-9,12,18,28H,3,6-7,10-11H2,1-2H3,(H,26,29)(H,23,24,25)/t12?,18-/m1/s1. The Labute approximate surface area is 174 Å². The van der Waals surface area contributed by atoms with Crippen LogP contribution in [0.3, 0.4) is 0 Å². The molecule has 1 unspecified atom stereocenters. The largest absolute Gasteiger partial charge is 0.394 e. The van der Waals surface area contributed by atoms with Gasteiger partial charge < -0.3 is 20.6 Å². The van der Waals surface area contributed by atoms with Gasteiger partial charge in [-0.05, 0) is 43.0 Å². The number of aliphatic hydroxyl groups excluding tert-OH is 1. The molecule has 29 heavy (non-hydrogen) atoms. The first-order valence-corrected chi connectivity index (χ1v) is 10.0. The highest BCUT2D eigenvalue weighted by Gasteiger charge is 2.25. The molecule has 3 rings (SSSR count). The number of hydrogen-bond donors (Lipinski definition) is 3. The van der Waals surface area contributed by atoms with Crippen LogP contribution in [0.5, 0.6) is 0 Å². The van der Waals surface area contributed by atoms with Crippen molar-refractivity contribution in [1.29, 1.82) is 0 Å². The Morgan fingerprint density at radius 2 is 2.24 bits per heavy atom. The molecule has 2 aromatic rings. The van der Waals surface area contributed by atoms with E-state index in [2.05, 4.69) is 34.4 Å². The van der Waals surface area contributed by atoms with E-state index in [-0.39, 0.29) is 23.7 Å². The summed E-state index contributed by atoms with van der Waals surface area (Å²) < 4.78 is 13.4. The Morgan fingerprint density at radius 1 is 1.45 bits per heavy atom. The van der Waals surface area contributed by atoms with Crippen molar-refractivity contribution >= 4 is 23.6 Å². The number of nitrogens with one attached hydrogen (secondary N) is 2. The first kappa shape index (κ1) is 21.3. The van der Waals surface area contributed by atoms with Gasteiger partial charge in [0.2, 0.25) is 5.95 Å². The first-order valence-electron chi connectivity index (χ1n) is 9.63. The van der Waals surface area contributed by atoms with E-state index in [0.29, 0.717) is 31.0 Å². The van der Waals surface area contributed by atoms with E-state index in [0.717, 1.165) is 17.7 Å². The van der Waals surface area contributed by atoms with Gasteiger partial charge in [0.1, 0.15) is 5.82 Å². The number of urea groups is 1. The summed E-state index contributed by atoms with van der Waals surface area (Å²) in [5.41, 5.74) is 2.36. The van der Waals surface area contributed by atoms with E-state index in [1.165, 1.54) is 18.2 Å². The molecule has 0 fully saturated rings. The number of carbonyl (C=O) groups is 1. The summed E-state index contributed by atoms with van der Waals surface area (Å²) in [6.07, 6.45) is 3.41. The van der Waals surface area contributed by atoms with Gasteiger partial charge in [0.05, 0.1) is 29.9 Å². The minimum Gasteiger partial charge on any atom is -0.394 e. The molecular weight excluding hydrogens is 397 g/mol. The monoisotopic (exact) mass is 421 g/mol. The van der Waals surface area contributed by atoms with Gasteiger partial charge in [-0.15, -0.1) is 0 Å². The normalized spacial score (nSPS) is 15.4. The average Bonchev–Trinajstić information content (AvgIpc) is 2.73. The van der Waals surface area contributed by atoms with Gasteiger partial charge in [0.25, 0.3) is 0 Å².